The van der Waals surface area contributed by atoms with Gasteiger partial charge in [-0.3, -0.25) is 4.79 Å². The average Bonchev–Trinajstić information content (AvgIpc) is 4.24. The molecule has 3 N–H and O–H groups in total. The second-order valence-electron chi connectivity index (χ2n) is 19.8. The highest BCUT2D eigenvalue weighted by Crippen LogP contribution is 2.44. The fourth-order valence-corrected chi connectivity index (χ4v) is 10.2. The van der Waals surface area contributed by atoms with Crippen LogP contribution in [0.15, 0.2) is 49.1 Å². The number of aliphatic hydroxyl groups excluding tert-OH is 1. The summed E-state index contributed by atoms with van der Waals surface area (Å²) in [5, 5.41) is 17.6. The standard InChI is InChI=1S/C25H28ClN5O4.C25H26ClN5O4/c2*1-14-22(30-20-5-4-17(27-3)10-19(20)26)28-13-29-23(14)34-21-15-8-18(32)9-16(21)12-31(11-15)24(33)35-25(2)6-7-25/h4-5,10,13,15-16,18,21,32H,6-9,11-12H2,1-2H3,(H,28,29,30);4-5,10,13,15-16,21H,6-9,11-12H2,1-2H3,(H,28,29,30). The maximum Gasteiger partial charge on any atom is 0.410 e. The Balaban J connectivity index is 0.000000174. The van der Waals surface area contributed by atoms with E-state index in [9.17, 15) is 19.5 Å². The highest BCUT2D eigenvalue weighted by Gasteiger charge is 2.50. The number of benzene rings is 2. The van der Waals surface area contributed by atoms with Crippen LogP contribution in [0.5, 0.6) is 11.8 Å². The van der Waals surface area contributed by atoms with Crippen molar-refractivity contribution in [3.8, 4) is 11.8 Å². The minimum absolute atomic E-state index is 0.0292. The van der Waals surface area contributed by atoms with E-state index in [1.807, 2.05) is 27.7 Å². The number of halogens is 2. The Hall–Kier alpha value is -6.47. The lowest BCUT2D eigenvalue weighted by molar-refractivity contribution is -0.131. The van der Waals surface area contributed by atoms with Gasteiger partial charge in [0.2, 0.25) is 11.8 Å². The van der Waals surface area contributed by atoms with E-state index in [1.165, 1.54) is 12.7 Å². The molecule has 366 valence electrons. The van der Waals surface area contributed by atoms with Gasteiger partial charge in [-0.1, -0.05) is 35.3 Å². The number of ether oxygens (including phenoxy) is 4. The number of likely N-dealkylation sites (tertiary alicyclic amines) is 2. The molecule has 0 radical (unpaired) electrons. The first-order chi connectivity index (χ1) is 33.5. The van der Waals surface area contributed by atoms with Crippen LogP contribution < -0.4 is 20.1 Å². The van der Waals surface area contributed by atoms with Crippen molar-refractivity contribution < 1.29 is 38.4 Å². The molecule has 4 saturated carbocycles. The molecule has 4 aromatic rings. The minimum Gasteiger partial charge on any atom is -0.473 e. The van der Waals surface area contributed by atoms with E-state index in [2.05, 4.69) is 40.3 Å². The minimum atomic E-state index is -0.409. The lowest BCUT2D eigenvalue weighted by Gasteiger charge is -2.47. The number of aromatic nitrogens is 4. The van der Waals surface area contributed by atoms with Crippen LogP contribution in [-0.4, -0.2) is 109 Å². The van der Waals surface area contributed by atoms with Gasteiger partial charge in [0.15, 0.2) is 11.4 Å². The summed E-state index contributed by atoms with van der Waals surface area (Å²) in [6.45, 7) is 23.7. The number of ketones is 1. The van der Waals surface area contributed by atoms with Gasteiger partial charge < -0.3 is 44.5 Å². The summed E-state index contributed by atoms with van der Waals surface area (Å²) in [6, 6.07) is 10.0. The number of aliphatic hydroxyl groups is 1. The predicted molar refractivity (Wildman–Crippen MR) is 259 cm³/mol. The third kappa shape index (κ3) is 10.9. The zero-order chi connectivity index (χ0) is 49.5. The van der Waals surface area contributed by atoms with E-state index in [1.54, 1.807) is 46.2 Å². The molecule has 4 unspecified atom stereocenters. The highest BCUT2D eigenvalue weighted by molar-refractivity contribution is 6.34. The number of Topliss-reactive ketones (excluding diaryl/α,β-unsaturated/α-hetero) is 1. The van der Waals surface area contributed by atoms with E-state index in [-0.39, 0.29) is 65.1 Å². The number of nitrogens with one attached hydrogen (secondary N) is 2. The van der Waals surface area contributed by atoms with Crippen LogP contribution in [0.2, 0.25) is 10.0 Å². The largest absolute Gasteiger partial charge is 0.473 e. The fraction of sp³-hybridized carbons (Fsp3) is 0.500. The normalized spacial score (nSPS) is 25.4. The van der Waals surface area contributed by atoms with Crippen molar-refractivity contribution in [1.82, 2.24) is 29.7 Å². The quantitative estimate of drug-likeness (QED) is 0.127. The van der Waals surface area contributed by atoms with Crippen molar-refractivity contribution in [1.29, 1.82) is 0 Å². The molecule has 4 aliphatic carbocycles. The van der Waals surface area contributed by atoms with Crippen molar-refractivity contribution in [3.05, 3.63) is 93.1 Å². The molecule has 4 heterocycles. The van der Waals surface area contributed by atoms with E-state index >= 15 is 0 Å². The van der Waals surface area contributed by atoms with Crippen LogP contribution in [-0.2, 0) is 14.3 Å². The monoisotopic (exact) mass is 992 g/mol. The summed E-state index contributed by atoms with van der Waals surface area (Å²) in [4.78, 5) is 65.4. The second-order valence-corrected chi connectivity index (χ2v) is 20.6. The van der Waals surface area contributed by atoms with Gasteiger partial charge in [-0.15, -0.1) is 0 Å². The summed E-state index contributed by atoms with van der Waals surface area (Å²) in [6.07, 6.45) is 6.86. The molecule has 6 aliphatic rings. The fourth-order valence-electron chi connectivity index (χ4n) is 9.72. The first-order valence-corrected chi connectivity index (χ1v) is 24.2. The van der Waals surface area contributed by atoms with Gasteiger partial charge in [-0.05, 0) is 90.5 Å². The summed E-state index contributed by atoms with van der Waals surface area (Å²) >= 11 is 12.6. The van der Waals surface area contributed by atoms with Crippen molar-refractivity contribution >= 4 is 75.6 Å². The Bertz CT molecular complexity index is 2740. The Morgan fingerprint density at radius 3 is 1.47 bits per heavy atom. The third-order valence-electron chi connectivity index (χ3n) is 14.1. The van der Waals surface area contributed by atoms with Crippen LogP contribution in [0.1, 0.15) is 76.3 Å². The lowest BCUT2D eigenvalue weighted by atomic mass is 9.74. The van der Waals surface area contributed by atoms with Crippen molar-refractivity contribution in [3.63, 3.8) is 0 Å². The molecule has 6 fully saturated rings. The molecule has 4 atom stereocenters. The van der Waals surface area contributed by atoms with Gasteiger partial charge in [0.25, 0.3) is 0 Å². The molecule has 20 heteroatoms. The molecule has 2 aromatic carbocycles. The molecule has 2 aromatic heterocycles. The third-order valence-corrected chi connectivity index (χ3v) is 14.8. The highest BCUT2D eigenvalue weighted by atomic mass is 35.5. The molecular formula is C50H54Cl2N10O8. The summed E-state index contributed by atoms with van der Waals surface area (Å²) in [5.41, 5.74) is 2.92. The smallest absolute Gasteiger partial charge is 0.410 e. The molecule has 4 bridgehead atoms. The molecule has 18 nitrogen and oxygen atoms in total. The number of anilines is 4. The van der Waals surface area contributed by atoms with E-state index < -0.39 is 6.10 Å². The van der Waals surface area contributed by atoms with Crippen molar-refractivity contribution in [2.24, 2.45) is 23.7 Å². The lowest BCUT2D eigenvalue weighted by Crippen LogP contribution is -2.58. The Kier molecular flexibility index (Phi) is 13.7. The van der Waals surface area contributed by atoms with Gasteiger partial charge in [-0.2, -0.15) is 0 Å². The van der Waals surface area contributed by atoms with Crippen LogP contribution in [0, 0.1) is 50.7 Å². The zero-order valence-corrected chi connectivity index (χ0v) is 40.8. The Labute approximate surface area is 416 Å². The van der Waals surface area contributed by atoms with Gasteiger partial charge in [0.05, 0.1) is 51.8 Å². The Morgan fingerprint density at radius 2 is 1.09 bits per heavy atom. The van der Waals surface area contributed by atoms with Gasteiger partial charge in [0.1, 0.15) is 53.5 Å². The molecule has 2 saturated heterocycles. The number of nitrogens with zero attached hydrogens (tertiary/aromatic N) is 8. The van der Waals surface area contributed by atoms with Crippen molar-refractivity contribution in [2.75, 3.05) is 36.8 Å². The average molecular weight is 994 g/mol. The van der Waals surface area contributed by atoms with Crippen LogP contribution in [0.25, 0.3) is 9.69 Å². The predicted octanol–water partition coefficient (Wildman–Crippen LogP) is 9.95. The van der Waals surface area contributed by atoms with E-state index in [4.69, 9.17) is 55.3 Å². The molecule has 0 spiro atoms. The van der Waals surface area contributed by atoms with Crippen LogP contribution >= 0.6 is 23.2 Å². The van der Waals surface area contributed by atoms with Crippen LogP contribution in [0.4, 0.5) is 44.0 Å². The number of carbonyl (C=O) groups excluding carboxylic acids is 3. The number of hydrogen-bond donors (Lipinski definition) is 3. The topological polar surface area (TPSA) is 199 Å². The second kappa shape index (κ2) is 19.7. The number of fused-ring (bicyclic) bond motifs is 4. The number of amides is 2. The summed E-state index contributed by atoms with van der Waals surface area (Å²) in [7, 11) is 0. The summed E-state index contributed by atoms with van der Waals surface area (Å²) < 4.78 is 24.2. The maximum absolute atomic E-state index is 12.7. The summed E-state index contributed by atoms with van der Waals surface area (Å²) in [5.74, 6) is 1.84. The molecule has 10 rings (SSSR count). The number of hydrogen-bond acceptors (Lipinski definition) is 14. The number of carbonyl (C=O) groups is 3. The maximum atomic E-state index is 12.7. The first kappa shape index (κ1) is 48.5. The van der Waals surface area contributed by atoms with Crippen LogP contribution in [0.3, 0.4) is 0 Å². The SMILES string of the molecule is [C-]#[N+]c1ccc(Nc2ncnc(OC3C4CC(=O)CC3CN(C(=O)OC3(C)CC3)C4)c2C)c(Cl)c1.[C-]#[N+]c1ccc(Nc2ncnc(OC3C4CC(O)CC3CN(C(=O)OC3(C)CC3)C4)c2C)c(Cl)c1. The zero-order valence-electron chi connectivity index (χ0n) is 39.3. The molecular weight excluding hydrogens is 940 g/mol. The van der Waals surface area contributed by atoms with E-state index in [0.717, 1.165) is 31.2 Å². The molecule has 2 aliphatic heterocycles. The number of rotatable bonds is 10. The molecule has 2 amide bonds. The van der Waals surface area contributed by atoms with Gasteiger partial charge in [0, 0.05) is 62.7 Å². The number of piperidine rings is 2. The van der Waals surface area contributed by atoms with Gasteiger partial charge >= 0.3 is 12.2 Å². The first-order valence-electron chi connectivity index (χ1n) is 23.5. The van der Waals surface area contributed by atoms with Crippen molar-refractivity contribution in [2.45, 2.75) is 109 Å². The van der Waals surface area contributed by atoms with Gasteiger partial charge in [-0.25, -0.2) is 39.2 Å². The Morgan fingerprint density at radius 1 is 0.686 bits per heavy atom. The molecule has 70 heavy (non-hydrogen) atoms. The van der Waals surface area contributed by atoms with E-state index in [0.29, 0.717) is 114 Å².